The fourth-order valence-corrected chi connectivity index (χ4v) is 10.8. The molecule has 4 aromatic carbocycles. The molecule has 1 aliphatic carbocycles. The number of nitrogens with zero attached hydrogens (tertiary/aromatic N) is 1. The molecule has 191 valence electrons. The minimum Gasteiger partial charge on any atom is -1.00 e. The van der Waals surface area contributed by atoms with Crippen LogP contribution in [0.15, 0.2) is 103 Å². The second-order valence-electron chi connectivity index (χ2n) is 10.7. The van der Waals surface area contributed by atoms with Crippen LogP contribution in [0, 0.1) is 13.8 Å². The minimum atomic E-state index is -1.17. The molecule has 0 saturated carbocycles. The Morgan fingerprint density at radius 2 is 1.45 bits per heavy atom. The molecule has 3 aliphatic rings. The second-order valence-corrected chi connectivity index (χ2v) is 15.3. The van der Waals surface area contributed by atoms with Crippen molar-refractivity contribution in [2.45, 2.75) is 39.4 Å². The summed E-state index contributed by atoms with van der Waals surface area (Å²) in [5, 5.41) is 4.41. The van der Waals surface area contributed by atoms with Gasteiger partial charge < -0.3 is 29.4 Å². The monoisotopic (exact) mass is 630 g/mol. The predicted molar refractivity (Wildman–Crippen MR) is 153 cm³/mol. The Morgan fingerprint density at radius 1 is 0.763 bits per heavy atom. The molecule has 2 bridgehead atoms. The molecule has 1 atom stereocenters. The minimum absolute atomic E-state index is 0. The topological polar surface area (TPSA) is 4.93 Å². The van der Waals surface area contributed by atoms with E-state index in [0.29, 0.717) is 0 Å². The van der Waals surface area contributed by atoms with Crippen molar-refractivity contribution in [3.63, 3.8) is 0 Å². The van der Waals surface area contributed by atoms with Crippen LogP contribution >= 0.6 is 0 Å². The van der Waals surface area contributed by atoms with Crippen LogP contribution in [0.1, 0.15) is 34.8 Å². The zero-order valence-corrected chi connectivity index (χ0v) is 27.5. The zero-order chi connectivity index (χ0) is 24.3. The number of rotatable bonds is 2. The number of halogens is 2. The average Bonchev–Trinajstić information content (AvgIpc) is 3.56. The van der Waals surface area contributed by atoms with Gasteiger partial charge in [0.15, 0.2) is 0 Å². The summed E-state index contributed by atoms with van der Waals surface area (Å²) in [6, 6.07) is 32.8. The Morgan fingerprint density at radius 3 is 2.11 bits per heavy atom. The molecule has 1 aromatic heterocycles. The van der Waals surface area contributed by atoms with Crippen molar-refractivity contribution in [3.05, 3.63) is 125 Å². The number of para-hydroxylation sites is 1. The van der Waals surface area contributed by atoms with E-state index in [1.54, 1.807) is 16.5 Å². The molecule has 1 nitrogen and oxygen atoms in total. The van der Waals surface area contributed by atoms with E-state index in [-0.39, 0.29) is 51.0 Å². The third-order valence-electron chi connectivity index (χ3n) is 7.95. The molecular weight excluding hydrogens is 601 g/mol. The van der Waals surface area contributed by atoms with Crippen molar-refractivity contribution in [2.24, 2.45) is 0 Å². The summed E-state index contributed by atoms with van der Waals surface area (Å²) in [7, 11) is -1.17. The number of allylic oxidation sites excluding steroid dienone is 1. The van der Waals surface area contributed by atoms with E-state index in [4.69, 9.17) is 0 Å². The van der Waals surface area contributed by atoms with Gasteiger partial charge in [0.1, 0.15) is 0 Å². The van der Waals surface area contributed by atoms with E-state index < -0.39 is 8.07 Å². The zero-order valence-electron chi connectivity index (χ0n) is 22.5. The number of aromatic nitrogens is 1. The van der Waals surface area contributed by atoms with Crippen LogP contribution < -0.4 is 24.8 Å². The van der Waals surface area contributed by atoms with Crippen LogP contribution in [0.4, 0.5) is 0 Å². The number of hydrogen-bond donors (Lipinski definition) is 0. The number of hydrogen-bond acceptors (Lipinski definition) is 0. The molecule has 5 heteroatoms. The summed E-state index contributed by atoms with van der Waals surface area (Å²) in [5.74, 6) is 0. The van der Waals surface area contributed by atoms with E-state index in [0.717, 1.165) is 5.54 Å². The molecule has 1 radical (unpaired) electrons. The first kappa shape index (κ1) is 30.5. The summed E-state index contributed by atoms with van der Waals surface area (Å²) >= 11 is 0. The molecule has 0 N–H and O–H groups in total. The Labute approximate surface area is 259 Å². The van der Waals surface area contributed by atoms with Crippen LogP contribution in [0.25, 0.3) is 32.8 Å². The van der Waals surface area contributed by atoms with Gasteiger partial charge in [-0.2, -0.15) is 6.07 Å². The van der Waals surface area contributed by atoms with E-state index in [2.05, 4.69) is 136 Å². The van der Waals surface area contributed by atoms with E-state index in [1.807, 2.05) is 0 Å². The molecule has 0 fully saturated rings. The van der Waals surface area contributed by atoms with Crippen LogP contribution in [-0.4, -0.2) is 12.6 Å². The summed E-state index contributed by atoms with van der Waals surface area (Å²) in [6.07, 6.45) is 2.24. The van der Waals surface area contributed by atoms with Crippen LogP contribution in [0.2, 0.25) is 13.1 Å². The number of aryl methyl sites for hydroxylation is 2. The molecule has 1 unspecified atom stereocenters. The van der Waals surface area contributed by atoms with Crippen molar-refractivity contribution in [3.8, 4) is 16.8 Å². The van der Waals surface area contributed by atoms with Gasteiger partial charge in [-0.25, -0.2) is 0 Å². The van der Waals surface area contributed by atoms with Gasteiger partial charge in [-0.1, -0.05) is 90.4 Å². The van der Waals surface area contributed by atoms with Crippen LogP contribution in [0.5, 0.6) is 0 Å². The fraction of sp³-hybridized carbons (Fsp3) is 0.182. The van der Waals surface area contributed by atoms with Gasteiger partial charge in [0.05, 0.1) is 8.07 Å². The van der Waals surface area contributed by atoms with Crippen LogP contribution in [-0.2, 0) is 26.2 Å². The third-order valence-corrected chi connectivity index (χ3v) is 12.1. The largest absolute Gasteiger partial charge is 3.00 e. The molecule has 0 amide bonds. The predicted octanol–water partition coefficient (Wildman–Crippen LogP) is 3.00. The number of benzene rings is 3. The van der Waals surface area contributed by atoms with Crippen molar-refractivity contribution >= 4 is 24.0 Å². The van der Waals surface area contributed by atoms with Gasteiger partial charge in [0.2, 0.25) is 0 Å². The maximum Gasteiger partial charge on any atom is 3.00 e. The van der Waals surface area contributed by atoms with E-state index in [1.165, 1.54) is 44.3 Å². The standard InChI is InChI=1S/C17H15.C16H17NSi.2ClH.Zr/c1-12-6-8-14(9-7-12)16-5-3-4-15-10-13(2)11-17(15)16;1-11-15-13-9-10-17(12-7-5-4-6-8-12)14(13)16(11)18(15,2)3;;;/h3-11H,1-2H3;4-10,16H,1-3H3;2*1H;/q-1;;;;+3/p-2. The van der Waals surface area contributed by atoms with Gasteiger partial charge in [0, 0.05) is 23.1 Å². The van der Waals surface area contributed by atoms with E-state index in [9.17, 15) is 0 Å². The average molecular weight is 633 g/mol. The molecule has 38 heavy (non-hydrogen) atoms. The van der Waals surface area contributed by atoms with Crippen molar-refractivity contribution < 1.29 is 51.0 Å². The van der Waals surface area contributed by atoms with E-state index >= 15 is 0 Å². The van der Waals surface area contributed by atoms with Crippen molar-refractivity contribution in [2.75, 3.05) is 0 Å². The summed E-state index contributed by atoms with van der Waals surface area (Å²) in [6.45, 7) is 11.6. The van der Waals surface area contributed by atoms with Gasteiger partial charge >= 0.3 is 26.2 Å². The third kappa shape index (κ3) is 4.88. The quantitative estimate of drug-likeness (QED) is 0.209. The molecule has 8 rings (SSSR count). The maximum atomic E-state index is 2.51. The van der Waals surface area contributed by atoms with Crippen LogP contribution in [0.3, 0.4) is 0 Å². The fourth-order valence-electron chi connectivity index (χ4n) is 6.50. The molecule has 0 spiro atoms. The SMILES string of the molecule is CC1=C2c3ccn(-c4ccccc4)c3C1[Si]2(C)C.Cc1ccc(-c2cccc3[cH-]c(C)cc23)cc1.[Cl-].[Cl-].[Zr+3]. The Balaban J connectivity index is 0.000000195. The number of fused-ring (bicyclic) bond motifs is 1. The Kier molecular flexibility index (Phi) is 9.32. The summed E-state index contributed by atoms with van der Waals surface area (Å²) in [5.41, 5.74) is 12.1. The van der Waals surface area contributed by atoms with Crippen molar-refractivity contribution in [1.29, 1.82) is 0 Å². The first-order valence-electron chi connectivity index (χ1n) is 12.6. The Bertz CT molecular complexity index is 1590. The van der Waals surface area contributed by atoms with Gasteiger partial charge in [0.25, 0.3) is 0 Å². The van der Waals surface area contributed by atoms with Gasteiger partial charge in [-0.15, -0.1) is 34.5 Å². The second kappa shape index (κ2) is 11.6. The van der Waals surface area contributed by atoms with Gasteiger partial charge in [-0.3, -0.25) is 0 Å². The molecule has 5 aromatic rings. The molecule has 0 saturated heterocycles. The molecule has 2 aliphatic heterocycles. The van der Waals surface area contributed by atoms with Crippen molar-refractivity contribution in [1.82, 2.24) is 4.57 Å². The first-order chi connectivity index (χ1) is 16.9. The smallest absolute Gasteiger partial charge is 1.00 e. The van der Waals surface area contributed by atoms with Gasteiger partial charge in [-0.05, 0) is 43.2 Å². The summed E-state index contributed by atoms with van der Waals surface area (Å²) in [4.78, 5) is 0. The molecule has 3 heterocycles. The first-order valence-corrected chi connectivity index (χ1v) is 15.7. The summed E-state index contributed by atoms with van der Waals surface area (Å²) < 4.78 is 2.40. The Hall–Kier alpha value is -2.03. The molecular formula is C33H32Cl2NSiZr. The normalized spacial score (nSPS) is 15.8. The maximum absolute atomic E-state index is 2.51.